The van der Waals surface area contributed by atoms with Gasteiger partial charge in [-0.15, -0.1) is 0 Å². The predicted octanol–water partition coefficient (Wildman–Crippen LogP) is 3.70. The first-order valence-electron chi connectivity index (χ1n) is 9.37. The van der Waals surface area contributed by atoms with Gasteiger partial charge in [-0.2, -0.15) is 9.29 Å². The third kappa shape index (κ3) is 4.47. The van der Waals surface area contributed by atoms with E-state index in [9.17, 15) is 8.42 Å². The Labute approximate surface area is 176 Å². The summed E-state index contributed by atoms with van der Waals surface area (Å²) < 4.78 is 43.4. The largest absolute Gasteiger partial charge is 0.497 e. The highest BCUT2D eigenvalue weighted by Gasteiger charge is 2.24. The fourth-order valence-electron chi connectivity index (χ4n) is 2.85. The van der Waals surface area contributed by atoms with Crippen molar-refractivity contribution in [1.29, 1.82) is 0 Å². The Balaban J connectivity index is 1.92. The first-order chi connectivity index (χ1) is 14.3. The first-order valence-corrected chi connectivity index (χ1v) is 10.8. The van der Waals surface area contributed by atoms with Gasteiger partial charge < -0.3 is 14.0 Å². The van der Waals surface area contributed by atoms with Crippen molar-refractivity contribution < 1.29 is 22.4 Å². The third-order valence-corrected chi connectivity index (χ3v) is 6.43. The standard InChI is InChI=1S/C21H25N3O5S/c1-14(2)20-22-21(29-23-20)18-12-17(10-11-19(18)28-5)30(25,26)24(3)13-15-6-8-16(27-4)9-7-15/h6-12,14H,13H2,1-5H3. The van der Waals surface area contributed by atoms with E-state index in [2.05, 4.69) is 10.1 Å². The van der Waals surface area contributed by atoms with Crippen LogP contribution >= 0.6 is 0 Å². The SMILES string of the molecule is COc1ccc(CN(C)S(=O)(=O)c2ccc(OC)c(-c3nc(C(C)C)no3)c2)cc1. The summed E-state index contributed by atoms with van der Waals surface area (Å²) in [6.45, 7) is 4.10. The lowest BCUT2D eigenvalue weighted by atomic mass is 10.2. The van der Waals surface area contributed by atoms with Crippen molar-refractivity contribution in [1.82, 2.24) is 14.4 Å². The molecule has 0 bridgehead atoms. The van der Waals surface area contributed by atoms with Crippen LogP contribution in [0, 0.1) is 0 Å². The van der Waals surface area contributed by atoms with Crippen LogP contribution in [0.2, 0.25) is 0 Å². The molecule has 0 saturated carbocycles. The van der Waals surface area contributed by atoms with Crippen molar-refractivity contribution in [3.05, 3.63) is 53.9 Å². The number of benzene rings is 2. The van der Waals surface area contributed by atoms with E-state index in [1.165, 1.54) is 30.6 Å². The molecule has 0 N–H and O–H groups in total. The smallest absolute Gasteiger partial charge is 0.261 e. The van der Waals surface area contributed by atoms with Gasteiger partial charge in [-0.3, -0.25) is 0 Å². The van der Waals surface area contributed by atoms with Gasteiger partial charge >= 0.3 is 0 Å². The summed E-state index contributed by atoms with van der Waals surface area (Å²) in [4.78, 5) is 4.47. The molecular formula is C21H25N3O5S. The number of aromatic nitrogens is 2. The number of ether oxygens (including phenoxy) is 2. The number of methoxy groups -OCH3 is 2. The molecule has 0 aliphatic carbocycles. The van der Waals surface area contributed by atoms with Gasteiger partial charge in [-0.1, -0.05) is 31.1 Å². The average Bonchev–Trinajstić information content (AvgIpc) is 3.24. The van der Waals surface area contributed by atoms with Gasteiger partial charge in [0.15, 0.2) is 5.82 Å². The van der Waals surface area contributed by atoms with Gasteiger partial charge in [0.2, 0.25) is 10.0 Å². The Morgan fingerprint density at radius 3 is 2.33 bits per heavy atom. The Morgan fingerprint density at radius 1 is 1.07 bits per heavy atom. The molecule has 0 aliphatic rings. The molecule has 0 radical (unpaired) electrons. The molecule has 160 valence electrons. The van der Waals surface area contributed by atoms with Crippen LogP contribution in [0.5, 0.6) is 11.5 Å². The molecule has 3 aromatic rings. The van der Waals surface area contributed by atoms with Gasteiger partial charge in [-0.05, 0) is 35.9 Å². The molecule has 0 atom stereocenters. The summed E-state index contributed by atoms with van der Waals surface area (Å²) in [5, 5.41) is 3.95. The normalized spacial score (nSPS) is 11.8. The van der Waals surface area contributed by atoms with Crippen LogP contribution in [0.25, 0.3) is 11.5 Å². The molecule has 0 unspecified atom stereocenters. The number of sulfonamides is 1. The van der Waals surface area contributed by atoms with E-state index in [4.69, 9.17) is 14.0 Å². The molecule has 9 heteroatoms. The Bertz CT molecular complexity index is 1110. The van der Waals surface area contributed by atoms with Crippen LogP contribution in [-0.2, 0) is 16.6 Å². The maximum atomic E-state index is 13.2. The zero-order valence-corrected chi connectivity index (χ0v) is 18.4. The molecule has 0 spiro atoms. The topological polar surface area (TPSA) is 94.8 Å². The summed E-state index contributed by atoms with van der Waals surface area (Å²) in [7, 11) is 0.860. The van der Waals surface area contributed by atoms with E-state index in [0.29, 0.717) is 22.9 Å². The number of hydrogen-bond acceptors (Lipinski definition) is 7. The van der Waals surface area contributed by atoms with Crippen molar-refractivity contribution in [2.75, 3.05) is 21.3 Å². The van der Waals surface area contributed by atoms with Crippen LogP contribution in [0.3, 0.4) is 0 Å². The van der Waals surface area contributed by atoms with E-state index in [1.807, 2.05) is 26.0 Å². The van der Waals surface area contributed by atoms with E-state index < -0.39 is 10.0 Å². The molecule has 0 aliphatic heterocycles. The molecule has 0 saturated heterocycles. The fraction of sp³-hybridized carbons (Fsp3) is 0.333. The lowest BCUT2D eigenvalue weighted by Gasteiger charge is -2.18. The van der Waals surface area contributed by atoms with Gasteiger partial charge in [-0.25, -0.2) is 8.42 Å². The summed E-state index contributed by atoms with van der Waals surface area (Å²) >= 11 is 0. The van der Waals surface area contributed by atoms with Crippen molar-refractivity contribution >= 4 is 10.0 Å². The second-order valence-electron chi connectivity index (χ2n) is 7.08. The Kier molecular flexibility index (Phi) is 6.42. The van der Waals surface area contributed by atoms with Gasteiger partial charge in [0.25, 0.3) is 5.89 Å². The average molecular weight is 432 g/mol. The minimum Gasteiger partial charge on any atom is -0.497 e. The molecule has 0 fully saturated rings. The third-order valence-electron chi connectivity index (χ3n) is 4.63. The zero-order valence-electron chi connectivity index (χ0n) is 17.6. The zero-order chi connectivity index (χ0) is 21.9. The lowest BCUT2D eigenvalue weighted by molar-refractivity contribution is 0.401. The molecule has 8 nitrogen and oxygen atoms in total. The summed E-state index contributed by atoms with van der Waals surface area (Å²) in [5.41, 5.74) is 1.27. The van der Waals surface area contributed by atoms with Crippen LogP contribution in [-0.4, -0.2) is 44.1 Å². The minimum absolute atomic E-state index is 0.0797. The first kappa shape index (κ1) is 21.8. The van der Waals surface area contributed by atoms with Crippen molar-refractivity contribution in [3.8, 4) is 23.0 Å². The number of nitrogens with zero attached hydrogens (tertiary/aromatic N) is 3. The predicted molar refractivity (Wildman–Crippen MR) is 112 cm³/mol. The highest BCUT2D eigenvalue weighted by atomic mass is 32.2. The molecule has 3 rings (SSSR count). The Morgan fingerprint density at radius 2 is 1.77 bits per heavy atom. The van der Waals surface area contributed by atoms with Gasteiger partial charge in [0.1, 0.15) is 11.5 Å². The van der Waals surface area contributed by atoms with Crippen molar-refractivity contribution in [2.24, 2.45) is 0 Å². The fourth-order valence-corrected chi connectivity index (χ4v) is 4.03. The van der Waals surface area contributed by atoms with Crippen molar-refractivity contribution in [3.63, 3.8) is 0 Å². The molecule has 1 aromatic heterocycles. The Hall–Kier alpha value is -2.91. The van der Waals surface area contributed by atoms with E-state index in [1.54, 1.807) is 25.3 Å². The summed E-state index contributed by atoms with van der Waals surface area (Å²) in [6, 6.07) is 11.8. The number of rotatable bonds is 8. The maximum Gasteiger partial charge on any atom is 0.261 e. The van der Waals surface area contributed by atoms with Gasteiger partial charge in [0, 0.05) is 19.5 Å². The highest BCUT2D eigenvalue weighted by molar-refractivity contribution is 7.89. The van der Waals surface area contributed by atoms with Gasteiger partial charge in [0.05, 0.1) is 24.7 Å². The van der Waals surface area contributed by atoms with Crippen LogP contribution in [0.1, 0.15) is 31.2 Å². The van der Waals surface area contributed by atoms with E-state index in [0.717, 1.165) is 5.56 Å². The van der Waals surface area contributed by atoms with Crippen LogP contribution in [0.15, 0.2) is 51.9 Å². The van der Waals surface area contributed by atoms with Crippen LogP contribution < -0.4 is 9.47 Å². The van der Waals surface area contributed by atoms with Crippen LogP contribution in [0.4, 0.5) is 0 Å². The van der Waals surface area contributed by atoms with Crippen molar-refractivity contribution in [2.45, 2.75) is 31.2 Å². The van der Waals surface area contributed by atoms with E-state index >= 15 is 0 Å². The molecular weight excluding hydrogens is 406 g/mol. The summed E-state index contributed by atoms with van der Waals surface area (Å²) in [5.74, 6) is 1.99. The second-order valence-corrected chi connectivity index (χ2v) is 9.13. The number of hydrogen-bond donors (Lipinski definition) is 0. The summed E-state index contributed by atoms with van der Waals surface area (Å²) in [6.07, 6.45) is 0. The second kappa shape index (κ2) is 8.85. The van der Waals surface area contributed by atoms with E-state index in [-0.39, 0.29) is 23.2 Å². The molecule has 0 amide bonds. The monoisotopic (exact) mass is 431 g/mol. The molecule has 30 heavy (non-hydrogen) atoms. The minimum atomic E-state index is -3.76. The maximum absolute atomic E-state index is 13.2. The lowest BCUT2D eigenvalue weighted by Crippen LogP contribution is -2.26. The molecule has 2 aromatic carbocycles. The highest BCUT2D eigenvalue weighted by Crippen LogP contribution is 2.33. The molecule has 1 heterocycles. The quantitative estimate of drug-likeness (QED) is 0.537.